The number of nitrogens with zero attached hydrogens (tertiary/aromatic N) is 1. The number of aromatic amines is 1. The van der Waals surface area contributed by atoms with Gasteiger partial charge < -0.3 is 10.4 Å². The van der Waals surface area contributed by atoms with Crippen molar-refractivity contribution in [3.8, 4) is 0 Å². The molecule has 1 aromatic heterocycles. The zero-order chi connectivity index (χ0) is 12.4. The summed E-state index contributed by atoms with van der Waals surface area (Å²) >= 11 is 0. The maximum absolute atomic E-state index is 12.9. The Kier molecular flexibility index (Phi) is 2.87. The molecule has 17 heavy (non-hydrogen) atoms. The predicted octanol–water partition coefficient (Wildman–Crippen LogP) is 3.39. The number of hydrogen-bond acceptors (Lipinski definition) is 2. The first-order chi connectivity index (χ1) is 8.10. The van der Waals surface area contributed by atoms with Gasteiger partial charge in [-0.1, -0.05) is 12.6 Å². The summed E-state index contributed by atoms with van der Waals surface area (Å²) in [7, 11) is 0. The zero-order valence-electron chi connectivity index (χ0n) is 9.42. The van der Waals surface area contributed by atoms with Crippen LogP contribution >= 0.6 is 0 Å². The summed E-state index contributed by atoms with van der Waals surface area (Å²) in [6.07, 6.45) is 1.82. The third kappa shape index (κ3) is 2.30. The second-order valence-corrected chi connectivity index (χ2v) is 3.80. The smallest absolute Gasteiger partial charge is 0.141 e. The molecule has 0 aliphatic carbocycles. The lowest BCUT2D eigenvalue weighted by atomic mass is 10.2. The molecule has 2 N–H and O–H groups in total. The van der Waals surface area contributed by atoms with E-state index in [4.69, 9.17) is 5.41 Å². The molecule has 0 unspecified atom stereocenters. The van der Waals surface area contributed by atoms with Gasteiger partial charge in [0.25, 0.3) is 0 Å². The third-order valence-electron chi connectivity index (χ3n) is 2.39. The Balaban J connectivity index is 2.43. The van der Waals surface area contributed by atoms with Gasteiger partial charge in [0.2, 0.25) is 0 Å². The minimum Gasteiger partial charge on any atom is -0.338 e. The number of H-pyrrole nitrogens is 1. The average Bonchev–Trinajstić information content (AvgIpc) is 2.71. The molecule has 0 saturated heterocycles. The van der Waals surface area contributed by atoms with Crippen molar-refractivity contribution in [3.63, 3.8) is 0 Å². The van der Waals surface area contributed by atoms with Crippen LogP contribution in [-0.2, 0) is 0 Å². The first-order valence-electron chi connectivity index (χ1n) is 5.13. The van der Waals surface area contributed by atoms with Crippen molar-refractivity contribution in [3.05, 3.63) is 48.1 Å². The van der Waals surface area contributed by atoms with Crippen molar-refractivity contribution in [1.82, 2.24) is 9.97 Å². The van der Waals surface area contributed by atoms with Gasteiger partial charge in [-0.15, -0.1) is 0 Å². The highest BCUT2D eigenvalue weighted by Gasteiger charge is 2.05. The summed E-state index contributed by atoms with van der Waals surface area (Å²) in [6, 6.07) is 5.83. The largest absolute Gasteiger partial charge is 0.338 e. The topological polar surface area (TPSA) is 52.5 Å². The monoisotopic (exact) mass is 229 g/mol. The number of halogens is 1. The number of aryl methyl sites for hydroxylation is 1. The van der Waals surface area contributed by atoms with Crippen LogP contribution in [0.5, 0.6) is 0 Å². The van der Waals surface area contributed by atoms with Crippen molar-refractivity contribution in [2.75, 3.05) is 0 Å². The van der Waals surface area contributed by atoms with Crippen LogP contribution in [-0.4, -0.2) is 16.2 Å². The van der Waals surface area contributed by atoms with E-state index in [0.717, 1.165) is 16.6 Å². The number of rotatable bonds is 3. The minimum atomic E-state index is -0.647. The Labute approximate surface area is 98.2 Å². The number of aromatic nitrogens is 2. The summed E-state index contributed by atoms with van der Waals surface area (Å²) in [5.41, 5.74) is 3.25. The quantitative estimate of drug-likeness (QED) is 0.615. The van der Waals surface area contributed by atoms with E-state index in [1.54, 1.807) is 0 Å². The fourth-order valence-corrected chi connectivity index (χ4v) is 1.55. The fourth-order valence-electron chi connectivity index (χ4n) is 1.55. The Bertz CT molecular complexity index is 623. The summed E-state index contributed by atoms with van der Waals surface area (Å²) in [4.78, 5) is 7.37. The maximum atomic E-state index is 12.9. The molecule has 0 bridgehead atoms. The number of imidazole rings is 1. The van der Waals surface area contributed by atoms with E-state index in [9.17, 15) is 4.39 Å². The fraction of sp³-hybridized carbons (Fsp3) is 0.0769. The third-order valence-corrected chi connectivity index (χ3v) is 2.39. The van der Waals surface area contributed by atoms with Crippen LogP contribution in [0, 0.1) is 12.3 Å². The first kappa shape index (κ1) is 11.3. The van der Waals surface area contributed by atoms with E-state index in [2.05, 4.69) is 16.5 Å². The lowest BCUT2D eigenvalue weighted by molar-refractivity contribution is 0.686. The molecule has 0 saturated carbocycles. The summed E-state index contributed by atoms with van der Waals surface area (Å²) < 4.78 is 12.9. The van der Waals surface area contributed by atoms with Crippen molar-refractivity contribution < 1.29 is 4.39 Å². The molecular weight excluding hydrogens is 217 g/mol. The van der Waals surface area contributed by atoms with Crippen LogP contribution in [0.25, 0.3) is 16.6 Å². The second-order valence-electron chi connectivity index (χ2n) is 3.80. The van der Waals surface area contributed by atoms with Crippen LogP contribution in [0.15, 0.2) is 36.7 Å². The molecule has 0 aliphatic heterocycles. The SMILES string of the molecule is C=C(/C=C(/F)C=N)c1nc2ccc(C)cc2[nH]1. The molecule has 0 aliphatic rings. The van der Waals surface area contributed by atoms with Crippen molar-refractivity contribution in [1.29, 1.82) is 5.41 Å². The minimum absolute atomic E-state index is 0.417. The van der Waals surface area contributed by atoms with E-state index in [0.29, 0.717) is 17.6 Å². The van der Waals surface area contributed by atoms with Crippen LogP contribution in [0.2, 0.25) is 0 Å². The molecule has 86 valence electrons. The molecule has 3 nitrogen and oxygen atoms in total. The van der Waals surface area contributed by atoms with Crippen LogP contribution in [0.4, 0.5) is 4.39 Å². The molecule has 4 heteroatoms. The van der Waals surface area contributed by atoms with Crippen LogP contribution < -0.4 is 0 Å². The molecule has 0 radical (unpaired) electrons. The van der Waals surface area contributed by atoms with E-state index in [-0.39, 0.29) is 0 Å². The summed E-state index contributed by atoms with van der Waals surface area (Å²) in [6.45, 7) is 5.71. The van der Waals surface area contributed by atoms with E-state index >= 15 is 0 Å². The van der Waals surface area contributed by atoms with Gasteiger partial charge in [-0.05, 0) is 30.7 Å². The Hall–Kier alpha value is -2.23. The highest BCUT2D eigenvalue weighted by molar-refractivity contribution is 5.84. The van der Waals surface area contributed by atoms with Gasteiger partial charge in [0.05, 0.1) is 17.2 Å². The summed E-state index contributed by atoms with van der Waals surface area (Å²) in [5, 5.41) is 6.76. The Morgan fingerprint density at radius 1 is 1.53 bits per heavy atom. The highest BCUT2D eigenvalue weighted by Crippen LogP contribution is 2.18. The number of benzene rings is 1. The summed E-state index contributed by atoms with van der Waals surface area (Å²) in [5.74, 6) is -0.130. The number of allylic oxidation sites excluding steroid dienone is 3. The molecule has 1 heterocycles. The van der Waals surface area contributed by atoms with Gasteiger partial charge in [-0.25, -0.2) is 9.37 Å². The van der Waals surface area contributed by atoms with Gasteiger partial charge in [0.15, 0.2) is 0 Å². The molecule has 0 amide bonds. The standard InChI is InChI=1S/C13H12FN3/c1-8-3-4-11-12(5-8)17-13(16-11)9(2)6-10(14)7-15/h3-7,15H,2H2,1H3,(H,16,17)/b10-6+,15-7?. The molecule has 0 spiro atoms. The van der Waals surface area contributed by atoms with Gasteiger partial charge in [-0.3, -0.25) is 0 Å². The molecule has 2 aromatic rings. The van der Waals surface area contributed by atoms with Crippen molar-refractivity contribution in [2.24, 2.45) is 0 Å². The molecule has 1 aromatic carbocycles. The number of hydrogen-bond donors (Lipinski definition) is 2. The lowest BCUT2D eigenvalue weighted by Crippen LogP contribution is -1.83. The second kappa shape index (κ2) is 4.33. The molecule has 0 fully saturated rings. The maximum Gasteiger partial charge on any atom is 0.141 e. The number of nitrogens with one attached hydrogen (secondary N) is 2. The predicted molar refractivity (Wildman–Crippen MR) is 67.8 cm³/mol. The van der Waals surface area contributed by atoms with Crippen LogP contribution in [0.1, 0.15) is 11.4 Å². The molecule has 2 rings (SSSR count). The normalized spacial score (nSPS) is 11.8. The molecular formula is C13H12FN3. The first-order valence-corrected chi connectivity index (χ1v) is 5.13. The van der Waals surface area contributed by atoms with Gasteiger partial charge >= 0.3 is 0 Å². The molecule has 0 atom stereocenters. The van der Waals surface area contributed by atoms with Crippen molar-refractivity contribution >= 4 is 22.8 Å². The Morgan fingerprint density at radius 3 is 3.00 bits per heavy atom. The van der Waals surface area contributed by atoms with E-state index in [1.807, 2.05) is 25.1 Å². The van der Waals surface area contributed by atoms with Crippen LogP contribution in [0.3, 0.4) is 0 Å². The van der Waals surface area contributed by atoms with Gasteiger partial charge in [-0.2, -0.15) is 0 Å². The van der Waals surface area contributed by atoms with Crippen molar-refractivity contribution in [2.45, 2.75) is 6.92 Å². The van der Waals surface area contributed by atoms with E-state index < -0.39 is 5.83 Å². The van der Waals surface area contributed by atoms with Gasteiger partial charge in [0.1, 0.15) is 11.7 Å². The zero-order valence-corrected chi connectivity index (χ0v) is 9.42. The van der Waals surface area contributed by atoms with E-state index in [1.165, 1.54) is 6.08 Å². The number of fused-ring (bicyclic) bond motifs is 1. The Morgan fingerprint density at radius 2 is 2.29 bits per heavy atom. The van der Waals surface area contributed by atoms with Gasteiger partial charge in [0, 0.05) is 5.57 Å². The average molecular weight is 229 g/mol. The lowest BCUT2D eigenvalue weighted by Gasteiger charge is -1.93. The highest BCUT2D eigenvalue weighted by atomic mass is 19.1.